The number of aromatic amines is 1. The van der Waals surface area contributed by atoms with Crippen LogP contribution in [-0.4, -0.2) is 9.55 Å². The third-order valence-electron chi connectivity index (χ3n) is 3.68. The molecule has 3 aromatic rings. The molecule has 0 amide bonds. The molecule has 2 aromatic carbocycles. The van der Waals surface area contributed by atoms with Crippen molar-refractivity contribution < 1.29 is 4.74 Å². The molecule has 0 unspecified atom stereocenters. The van der Waals surface area contributed by atoms with Crippen LogP contribution in [0.5, 0.6) is 0 Å². The van der Waals surface area contributed by atoms with Crippen molar-refractivity contribution in [3.8, 4) is 0 Å². The van der Waals surface area contributed by atoms with E-state index in [1.165, 1.54) is 10.8 Å². The Kier molecular flexibility index (Phi) is 5.11. The minimum atomic E-state index is -0.507. The molecule has 0 radical (unpaired) electrons. The van der Waals surface area contributed by atoms with Crippen molar-refractivity contribution in [3.63, 3.8) is 0 Å². The predicted molar refractivity (Wildman–Crippen MR) is 97.0 cm³/mol. The van der Waals surface area contributed by atoms with Gasteiger partial charge in [-0.15, -0.1) is 0 Å². The Labute approximate surface area is 144 Å². The first-order chi connectivity index (χ1) is 12.1. The second-order valence-corrected chi connectivity index (χ2v) is 5.73. The Hall–Kier alpha value is -3.12. The van der Waals surface area contributed by atoms with E-state index in [4.69, 9.17) is 4.74 Å². The lowest BCUT2D eigenvalue weighted by Gasteiger charge is -2.10. The molecule has 0 fully saturated rings. The third-order valence-corrected chi connectivity index (χ3v) is 3.68. The van der Waals surface area contributed by atoms with Crippen LogP contribution in [0.25, 0.3) is 0 Å². The Balaban J connectivity index is 1.72. The molecular weight excluding hydrogens is 318 g/mol. The zero-order valence-electron chi connectivity index (χ0n) is 13.9. The van der Waals surface area contributed by atoms with Gasteiger partial charge in [-0.1, -0.05) is 48.0 Å². The molecule has 6 heteroatoms. The number of benzene rings is 2. The minimum absolute atomic E-state index is 0.0487. The van der Waals surface area contributed by atoms with Gasteiger partial charge in [0.15, 0.2) is 0 Å². The lowest BCUT2D eigenvalue weighted by Crippen LogP contribution is -2.31. The standard InChI is InChI=1S/C19H19N3O3/c1-14-7-9-16(10-8-14)20-17-11-22(19(24)21-18(17)23)13-25-12-15-5-3-2-4-6-15/h2-11,20H,12-13H2,1H3,(H,21,23,24). The molecule has 0 spiro atoms. The maximum absolute atomic E-state index is 12.0. The number of nitrogens with zero attached hydrogens (tertiary/aromatic N) is 1. The van der Waals surface area contributed by atoms with Crippen molar-refractivity contribution >= 4 is 11.4 Å². The van der Waals surface area contributed by atoms with Crippen LogP contribution < -0.4 is 16.6 Å². The van der Waals surface area contributed by atoms with Crippen molar-refractivity contribution in [2.24, 2.45) is 0 Å². The Morgan fingerprint density at radius 1 is 1.04 bits per heavy atom. The number of nitrogens with one attached hydrogen (secondary N) is 2. The van der Waals surface area contributed by atoms with E-state index in [0.29, 0.717) is 6.61 Å². The second-order valence-electron chi connectivity index (χ2n) is 5.73. The van der Waals surface area contributed by atoms with E-state index in [1.54, 1.807) is 0 Å². The van der Waals surface area contributed by atoms with Crippen molar-refractivity contribution in [3.05, 3.63) is 92.8 Å². The average Bonchev–Trinajstić information content (AvgIpc) is 2.61. The van der Waals surface area contributed by atoms with Crippen LogP contribution in [0.4, 0.5) is 11.4 Å². The van der Waals surface area contributed by atoms with Crippen LogP contribution in [0.1, 0.15) is 11.1 Å². The molecule has 1 heterocycles. The van der Waals surface area contributed by atoms with Crippen LogP contribution in [-0.2, 0) is 18.1 Å². The highest BCUT2D eigenvalue weighted by atomic mass is 16.5. The number of hydrogen-bond donors (Lipinski definition) is 2. The molecule has 1 aromatic heterocycles. The Bertz CT molecular complexity index is 944. The summed E-state index contributed by atoms with van der Waals surface area (Å²) < 4.78 is 6.88. The minimum Gasteiger partial charge on any atom is -0.356 e. The highest BCUT2D eigenvalue weighted by Crippen LogP contribution is 2.13. The second kappa shape index (κ2) is 7.63. The van der Waals surface area contributed by atoms with Gasteiger partial charge in [-0.05, 0) is 24.6 Å². The Morgan fingerprint density at radius 3 is 2.48 bits per heavy atom. The summed E-state index contributed by atoms with van der Waals surface area (Å²) in [6.45, 7) is 2.42. The number of ether oxygens (including phenoxy) is 1. The summed E-state index contributed by atoms with van der Waals surface area (Å²) in [6, 6.07) is 17.3. The summed E-state index contributed by atoms with van der Waals surface area (Å²) in [5, 5.41) is 3.02. The first-order valence-electron chi connectivity index (χ1n) is 7.91. The molecule has 0 atom stereocenters. The summed E-state index contributed by atoms with van der Waals surface area (Å²) >= 11 is 0. The molecule has 6 nitrogen and oxygen atoms in total. The highest BCUT2D eigenvalue weighted by molar-refractivity contribution is 5.57. The van der Waals surface area contributed by atoms with Gasteiger partial charge in [-0.25, -0.2) is 4.79 Å². The van der Waals surface area contributed by atoms with Crippen molar-refractivity contribution in [1.29, 1.82) is 0 Å². The molecular formula is C19H19N3O3. The quantitative estimate of drug-likeness (QED) is 0.725. The maximum Gasteiger partial charge on any atom is 0.330 e. The monoisotopic (exact) mass is 337 g/mol. The van der Waals surface area contributed by atoms with E-state index in [0.717, 1.165) is 16.8 Å². The van der Waals surface area contributed by atoms with Gasteiger partial charge in [0.2, 0.25) is 0 Å². The van der Waals surface area contributed by atoms with E-state index in [9.17, 15) is 9.59 Å². The van der Waals surface area contributed by atoms with Gasteiger partial charge in [0.25, 0.3) is 5.56 Å². The third kappa shape index (κ3) is 4.45. The summed E-state index contributed by atoms with van der Waals surface area (Å²) in [5.74, 6) is 0. The van der Waals surface area contributed by atoms with Gasteiger partial charge in [0, 0.05) is 11.9 Å². The number of H-pyrrole nitrogens is 1. The highest BCUT2D eigenvalue weighted by Gasteiger charge is 2.05. The fourth-order valence-corrected chi connectivity index (χ4v) is 2.32. The maximum atomic E-state index is 12.0. The largest absolute Gasteiger partial charge is 0.356 e. The zero-order valence-corrected chi connectivity index (χ0v) is 13.9. The smallest absolute Gasteiger partial charge is 0.330 e. The van der Waals surface area contributed by atoms with Gasteiger partial charge in [0.05, 0.1) is 6.61 Å². The first kappa shape index (κ1) is 16.7. The van der Waals surface area contributed by atoms with Crippen LogP contribution >= 0.6 is 0 Å². The summed E-state index contributed by atoms with van der Waals surface area (Å²) in [5.41, 5.74) is 2.22. The molecule has 2 N–H and O–H groups in total. The normalized spacial score (nSPS) is 10.6. The molecule has 0 bridgehead atoms. The zero-order chi connectivity index (χ0) is 17.6. The van der Waals surface area contributed by atoms with Gasteiger partial charge in [0.1, 0.15) is 12.4 Å². The van der Waals surface area contributed by atoms with Crippen LogP contribution in [0.2, 0.25) is 0 Å². The molecule has 3 rings (SSSR count). The Morgan fingerprint density at radius 2 is 1.76 bits per heavy atom. The molecule has 0 aliphatic rings. The molecule has 0 saturated carbocycles. The van der Waals surface area contributed by atoms with Crippen molar-refractivity contribution in [2.75, 3.05) is 5.32 Å². The molecule has 0 aliphatic heterocycles. The first-order valence-corrected chi connectivity index (χ1v) is 7.91. The summed E-state index contributed by atoms with van der Waals surface area (Å²) in [7, 11) is 0. The van der Waals surface area contributed by atoms with Crippen molar-refractivity contribution in [1.82, 2.24) is 9.55 Å². The van der Waals surface area contributed by atoms with E-state index in [2.05, 4.69) is 10.3 Å². The number of aromatic nitrogens is 2. The summed E-state index contributed by atoms with van der Waals surface area (Å²) in [4.78, 5) is 26.2. The average molecular weight is 337 g/mol. The fraction of sp³-hybridized carbons (Fsp3) is 0.158. The number of rotatable bonds is 6. The van der Waals surface area contributed by atoms with Gasteiger partial charge in [-0.2, -0.15) is 0 Å². The van der Waals surface area contributed by atoms with Gasteiger partial charge >= 0.3 is 5.69 Å². The fourth-order valence-electron chi connectivity index (χ4n) is 2.32. The van der Waals surface area contributed by atoms with E-state index in [1.807, 2.05) is 61.5 Å². The van der Waals surface area contributed by atoms with Crippen LogP contribution in [0.15, 0.2) is 70.4 Å². The number of aryl methyl sites for hydroxylation is 1. The molecule has 0 aliphatic carbocycles. The SMILES string of the molecule is Cc1ccc(Nc2cn(COCc3ccccc3)c(=O)[nH]c2=O)cc1. The van der Waals surface area contributed by atoms with Crippen LogP contribution in [0.3, 0.4) is 0 Å². The molecule has 0 saturated heterocycles. The lowest BCUT2D eigenvalue weighted by atomic mass is 10.2. The van der Waals surface area contributed by atoms with Gasteiger partial charge < -0.3 is 10.1 Å². The number of hydrogen-bond acceptors (Lipinski definition) is 4. The molecule has 25 heavy (non-hydrogen) atoms. The molecule has 128 valence electrons. The number of anilines is 2. The van der Waals surface area contributed by atoms with Crippen LogP contribution in [0, 0.1) is 6.92 Å². The van der Waals surface area contributed by atoms with E-state index in [-0.39, 0.29) is 12.4 Å². The van der Waals surface area contributed by atoms with Gasteiger partial charge in [-0.3, -0.25) is 14.3 Å². The topological polar surface area (TPSA) is 76.1 Å². The summed E-state index contributed by atoms with van der Waals surface area (Å²) in [6.07, 6.45) is 1.46. The predicted octanol–water partition coefficient (Wildman–Crippen LogP) is 2.76. The van der Waals surface area contributed by atoms with Crippen molar-refractivity contribution in [2.45, 2.75) is 20.3 Å². The van der Waals surface area contributed by atoms with E-state index >= 15 is 0 Å². The van der Waals surface area contributed by atoms with E-state index < -0.39 is 11.2 Å². The lowest BCUT2D eigenvalue weighted by molar-refractivity contribution is 0.0609.